The number of fused-ring (bicyclic) bond motifs is 5. The SMILES string of the molecule is CC(=O)OC1C(=O)[C@@]2(C)C([C@H](OC(=O)c3ccccc3)[C@]3(O)C[C@H](OC(=O)[C@H](O)[C@@H](NC(=O)c4ccccc4)c4ccccc4)C(C)=C1C3(C)C)[C@]1(OC(C)=O)CO[C@@H]1C[C@@H]2O. The summed E-state index contributed by atoms with van der Waals surface area (Å²) in [5.74, 6) is -6.84. The Morgan fingerprint density at radius 1 is 0.823 bits per heavy atom. The van der Waals surface area contributed by atoms with E-state index >= 15 is 4.79 Å². The van der Waals surface area contributed by atoms with E-state index in [1.807, 2.05) is 0 Å². The zero-order chi connectivity index (χ0) is 44.9. The minimum atomic E-state index is -2.39. The van der Waals surface area contributed by atoms with Gasteiger partial charge in [0.15, 0.2) is 23.6 Å². The number of carbonyl (C=O) groups excluding carboxylic acids is 6. The van der Waals surface area contributed by atoms with Gasteiger partial charge in [0, 0.05) is 37.7 Å². The van der Waals surface area contributed by atoms with Crippen molar-refractivity contribution in [1.29, 1.82) is 0 Å². The van der Waals surface area contributed by atoms with E-state index in [1.165, 1.54) is 26.0 Å². The van der Waals surface area contributed by atoms with Crippen LogP contribution in [-0.2, 0) is 42.9 Å². The molecule has 2 unspecified atom stereocenters. The van der Waals surface area contributed by atoms with Crippen LogP contribution in [0.25, 0.3) is 0 Å². The molecule has 15 heteroatoms. The summed E-state index contributed by atoms with van der Waals surface area (Å²) in [5.41, 5.74) is -7.02. The van der Waals surface area contributed by atoms with E-state index in [9.17, 15) is 39.3 Å². The normalized spacial score (nSPS) is 31.9. The van der Waals surface area contributed by atoms with Crippen molar-refractivity contribution in [2.45, 2.75) is 108 Å². The number of ketones is 1. The van der Waals surface area contributed by atoms with Gasteiger partial charge in [-0.2, -0.15) is 0 Å². The molecule has 2 saturated carbocycles. The maximum atomic E-state index is 15.5. The predicted octanol–water partition coefficient (Wildman–Crippen LogP) is 3.74. The number of hydrogen-bond donors (Lipinski definition) is 4. The van der Waals surface area contributed by atoms with Crippen LogP contribution < -0.4 is 5.32 Å². The Labute approximate surface area is 358 Å². The van der Waals surface area contributed by atoms with Crippen LogP contribution in [0, 0.1) is 16.7 Å². The molecule has 62 heavy (non-hydrogen) atoms. The molecule has 328 valence electrons. The van der Waals surface area contributed by atoms with Crippen LogP contribution in [0.3, 0.4) is 0 Å². The molecule has 0 aromatic heterocycles. The second-order valence-electron chi connectivity index (χ2n) is 17.4. The highest BCUT2D eigenvalue weighted by molar-refractivity contribution is 5.96. The maximum Gasteiger partial charge on any atom is 0.338 e. The largest absolute Gasteiger partial charge is 0.456 e. The number of amides is 1. The summed E-state index contributed by atoms with van der Waals surface area (Å²) in [5, 5.41) is 40.2. The first kappa shape index (κ1) is 44.3. The fraction of sp³-hybridized carbons (Fsp3) is 0.447. The fourth-order valence-electron chi connectivity index (χ4n) is 10.2. The lowest BCUT2D eigenvalue weighted by atomic mass is 9.44. The van der Waals surface area contributed by atoms with Crippen LogP contribution in [0.1, 0.15) is 86.7 Å². The molecule has 7 rings (SSSR count). The molecule has 1 saturated heterocycles. The number of hydrogen-bond acceptors (Lipinski definition) is 14. The summed E-state index contributed by atoms with van der Waals surface area (Å²) in [6.45, 7) is 7.97. The van der Waals surface area contributed by atoms with Gasteiger partial charge in [0.25, 0.3) is 5.91 Å². The van der Waals surface area contributed by atoms with Crippen molar-refractivity contribution in [1.82, 2.24) is 5.32 Å². The topological polar surface area (TPSA) is 221 Å². The highest BCUT2D eigenvalue weighted by Crippen LogP contribution is 2.64. The molecule has 15 nitrogen and oxygen atoms in total. The number of ether oxygens (including phenoxy) is 5. The molecule has 3 fully saturated rings. The molecule has 3 aromatic rings. The van der Waals surface area contributed by atoms with Crippen LogP contribution >= 0.6 is 0 Å². The minimum absolute atomic E-state index is 0.00289. The molecule has 1 heterocycles. The van der Waals surface area contributed by atoms with Crippen LogP contribution in [0.2, 0.25) is 0 Å². The fourth-order valence-corrected chi connectivity index (χ4v) is 10.2. The molecule has 4 aliphatic rings. The molecule has 3 aliphatic carbocycles. The third-order valence-electron chi connectivity index (χ3n) is 13.5. The second kappa shape index (κ2) is 16.5. The summed E-state index contributed by atoms with van der Waals surface area (Å²) in [6, 6.07) is 22.9. The lowest BCUT2D eigenvalue weighted by Gasteiger charge is -2.67. The van der Waals surface area contributed by atoms with Gasteiger partial charge < -0.3 is 44.3 Å². The first-order chi connectivity index (χ1) is 29.3. The maximum absolute atomic E-state index is 15.5. The van der Waals surface area contributed by atoms with Gasteiger partial charge in [-0.25, -0.2) is 9.59 Å². The third-order valence-corrected chi connectivity index (χ3v) is 13.5. The average molecular weight is 854 g/mol. The van der Waals surface area contributed by atoms with Gasteiger partial charge in [0.05, 0.1) is 35.6 Å². The second-order valence-corrected chi connectivity index (χ2v) is 17.4. The van der Waals surface area contributed by atoms with E-state index in [1.54, 1.807) is 92.7 Å². The number of esters is 4. The Kier molecular flexibility index (Phi) is 11.8. The van der Waals surface area contributed by atoms with Crippen molar-refractivity contribution in [3.63, 3.8) is 0 Å². The van der Waals surface area contributed by atoms with E-state index in [4.69, 9.17) is 23.7 Å². The van der Waals surface area contributed by atoms with Gasteiger partial charge in [-0.05, 0) is 54.8 Å². The first-order valence-electron chi connectivity index (χ1n) is 20.5. The molecule has 1 aliphatic heterocycles. The summed E-state index contributed by atoms with van der Waals surface area (Å²) in [7, 11) is 0. The summed E-state index contributed by atoms with van der Waals surface area (Å²) < 4.78 is 30.3. The number of aliphatic hydroxyl groups is 3. The van der Waals surface area contributed by atoms with E-state index in [0.717, 1.165) is 13.8 Å². The zero-order valence-corrected chi connectivity index (χ0v) is 35.2. The number of carbonyl (C=O) groups is 6. The molecule has 1 amide bonds. The van der Waals surface area contributed by atoms with Crippen molar-refractivity contribution in [3.05, 3.63) is 119 Å². The quantitative estimate of drug-likeness (QED) is 0.130. The third kappa shape index (κ3) is 7.29. The molecular formula is C47H51NO14. The van der Waals surface area contributed by atoms with Gasteiger partial charge >= 0.3 is 23.9 Å². The summed E-state index contributed by atoms with van der Waals surface area (Å²) in [4.78, 5) is 83.5. The number of aliphatic hydroxyl groups excluding tert-OH is 2. The zero-order valence-electron chi connectivity index (χ0n) is 35.2. The molecule has 4 N–H and O–H groups in total. The van der Waals surface area contributed by atoms with E-state index < -0.39 is 113 Å². The number of nitrogens with one attached hydrogen (secondary N) is 1. The smallest absolute Gasteiger partial charge is 0.338 e. The van der Waals surface area contributed by atoms with Crippen molar-refractivity contribution >= 4 is 35.6 Å². The Bertz CT molecular complexity index is 2280. The Balaban J connectivity index is 1.39. The van der Waals surface area contributed by atoms with Crippen molar-refractivity contribution in [2.24, 2.45) is 16.7 Å². The van der Waals surface area contributed by atoms with Gasteiger partial charge in [-0.15, -0.1) is 0 Å². The van der Waals surface area contributed by atoms with Gasteiger partial charge in [0.1, 0.15) is 23.9 Å². The van der Waals surface area contributed by atoms with Crippen LogP contribution in [0.15, 0.2) is 102 Å². The van der Waals surface area contributed by atoms with Gasteiger partial charge in [-0.1, -0.05) is 80.6 Å². The van der Waals surface area contributed by atoms with Crippen molar-refractivity contribution in [3.8, 4) is 0 Å². The monoisotopic (exact) mass is 853 g/mol. The Hall–Kier alpha value is -5.74. The number of Topliss-reactive ketones (excluding diaryl/α,β-unsaturated/α-hetero) is 1. The predicted molar refractivity (Wildman–Crippen MR) is 218 cm³/mol. The lowest BCUT2D eigenvalue weighted by molar-refractivity contribution is -0.346. The highest BCUT2D eigenvalue weighted by atomic mass is 16.6. The number of rotatable bonds is 10. The van der Waals surface area contributed by atoms with E-state index in [-0.39, 0.29) is 35.3 Å². The summed E-state index contributed by atoms with van der Waals surface area (Å²) >= 11 is 0. The highest BCUT2D eigenvalue weighted by Gasteiger charge is 2.78. The molecule has 11 atom stereocenters. The molecular weight excluding hydrogens is 803 g/mol. The van der Waals surface area contributed by atoms with E-state index in [2.05, 4.69) is 5.32 Å². The minimum Gasteiger partial charge on any atom is -0.456 e. The van der Waals surface area contributed by atoms with Gasteiger partial charge in [0.2, 0.25) is 0 Å². The average Bonchev–Trinajstić information content (AvgIpc) is 3.24. The number of benzene rings is 3. The van der Waals surface area contributed by atoms with Crippen LogP contribution in [0.4, 0.5) is 0 Å². The Morgan fingerprint density at radius 3 is 1.95 bits per heavy atom. The standard InChI is InChI=1S/C47H51NO14/c1-25-31(60-43(56)36(52)35(28-16-10-7-11-17-28)48-41(54)29-18-12-8-13-19-29)23-47(57)40(61-42(55)30-20-14-9-15-21-30)38-45(6,32(51)22-33-46(38,24-58-33)62-27(3)50)39(53)37(59-26(2)49)34(25)44(47,4)5/h7-21,31-33,35-38,40,51-52,57H,22-24H2,1-6H3,(H,48,54)/t31-,32-,33+,35-,36+,37?,38?,40-,45+,46-,47+/m0/s1. The lowest BCUT2D eigenvalue weighted by Crippen LogP contribution is -2.82. The molecule has 0 radical (unpaired) electrons. The summed E-state index contributed by atoms with van der Waals surface area (Å²) in [6.07, 6.45) is -10.5. The molecule has 0 spiro atoms. The van der Waals surface area contributed by atoms with Gasteiger partial charge in [-0.3, -0.25) is 19.2 Å². The van der Waals surface area contributed by atoms with Crippen molar-refractivity contribution < 1.29 is 67.8 Å². The van der Waals surface area contributed by atoms with E-state index in [0.29, 0.717) is 5.56 Å². The Morgan fingerprint density at radius 2 is 1.40 bits per heavy atom. The first-order valence-corrected chi connectivity index (χ1v) is 20.5. The van der Waals surface area contributed by atoms with Crippen LogP contribution in [-0.4, -0.2) is 105 Å². The van der Waals surface area contributed by atoms with Crippen LogP contribution in [0.5, 0.6) is 0 Å². The molecule has 2 bridgehead atoms. The molecule has 3 aromatic carbocycles. The van der Waals surface area contributed by atoms with Crippen molar-refractivity contribution in [2.75, 3.05) is 6.61 Å².